The third kappa shape index (κ3) is 2.03. The summed E-state index contributed by atoms with van der Waals surface area (Å²) in [7, 11) is 1.67. The van der Waals surface area contributed by atoms with Gasteiger partial charge >= 0.3 is 65.8 Å². The fourth-order valence-corrected chi connectivity index (χ4v) is 1.52. The first-order chi connectivity index (χ1) is 4.83. The number of phenolic OH excluding ortho intramolecular Hbond substituents is 1. The third-order valence-electron chi connectivity index (χ3n) is 1.02. The zero-order chi connectivity index (χ0) is 7.40. The van der Waals surface area contributed by atoms with Crippen molar-refractivity contribution in [2.75, 3.05) is 7.11 Å². The molecule has 1 aromatic rings. The molecule has 10 heavy (non-hydrogen) atoms. The minimum atomic E-state index is 0.0910. The van der Waals surface area contributed by atoms with Crippen molar-refractivity contribution in [1.29, 1.82) is 0 Å². The van der Waals surface area contributed by atoms with Crippen molar-refractivity contribution in [2.45, 2.75) is 0 Å². The van der Waals surface area contributed by atoms with E-state index < -0.39 is 0 Å². The van der Waals surface area contributed by atoms with Crippen LogP contribution in [0.1, 0.15) is 0 Å². The molecule has 0 heterocycles. The first-order valence-electron chi connectivity index (χ1n) is 2.82. The Kier molecular flexibility index (Phi) is 2.75. The summed E-state index contributed by atoms with van der Waals surface area (Å²) < 4.78 is 6.08. The van der Waals surface area contributed by atoms with Crippen LogP contribution in [-0.2, 0) is 3.82 Å². The van der Waals surface area contributed by atoms with Crippen LogP contribution in [0.4, 0.5) is 0 Å². The van der Waals surface area contributed by atoms with Crippen LogP contribution in [0.25, 0.3) is 0 Å². The Bertz CT molecular complexity index is 195. The van der Waals surface area contributed by atoms with E-state index in [9.17, 15) is 0 Å². The molecular weight excluding hydrogens is 195 g/mol. The van der Waals surface area contributed by atoms with E-state index in [1.165, 1.54) is 0 Å². The second-order valence-electron chi connectivity index (χ2n) is 1.74. The number of benzene rings is 1. The molecule has 54 valence electrons. The summed E-state index contributed by atoms with van der Waals surface area (Å²) in [6.07, 6.45) is 0. The van der Waals surface area contributed by atoms with E-state index >= 15 is 0 Å². The van der Waals surface area contributed by atoms with Crippen molar-refractivity contribution >= 4 is 19.7 Å². The molecule has 0 saturated heterocycles. The molecule has 2 nitrogen and oxygen atoms in total. The Morgan fingerprint density at radius 2 is 1.90 bits per heavy atom. The zero-order valence-corrected chi connectivity index (χ0v) is 7.29. The molecule has 1 aromatic carbocycles. The Morgan fingerprint density at radius 1 is 1.30 bits per heavy atom. The number of phenols is 1. The molecule has 1 N–H and O–H groups in total. The van der Waals surface area contributed by atoms with Gasteiger partial charge in [-0.1, -0.05) is 0 Å². The molecule has 0 aliphatic carbocycles. The average molecular weight is 203 g/mol. The summed E-state index contributed by atoms with van der Waals surface area (Å²) in [4.78, 5) is 0. The molecule has 0 radical (unpaired) electrons. The van der Waals surface area contributed by atoms with Gasteiger partial charge in [-0.25, -0.2) is 0 Å². The summed E-state index contributed by atoms with van der Waals surface area (Å²) in [5.74, 6) is 0.302. The average Bonchev–Trinajstić information content (AvgIpc) is 1.95. The summed E-state index contributed by atoms with van der Waals surface area (Å²) in [6, 6.07) is 7.05. The van der Waals surface area contributed by atoms with Gasteiger partial charge in [-0.15, -0.1) is 0 Å². The van der Waals surface area contributed by atoms with Gasteiger partial charge in [0.1, 0.15) is 0 Å². The minimum absolute atomic E-state index is 0.0910. The Hall–Kier alpha value is -0.501. The molecule has 0 bridgehead atoms. The van der Waals surface area contributed by atoms with E-state index in [0.717, 1.165) is 4.46 Å². The standard InChI is InChI=1S/C7H8O2Se/c1-9-10-7-4-2-6(8)3-5-7/h2-5,8H,1H3. The number of rotatable bonds is 2. The number of hydrogen-bond acceptors (Lipinski definition) is 2. The molecule has 3 heteroatoms. The first kappa shape index (κ1) is 7.60. The van der Waals surface area contributed by atoms with Crippen LogP contribution in [0, 0.1) is 0 Å². The molecule has 0 spiro atoms. The maximum absolute atomic E-state index is 8.89. The van der Waals surface area contributed by atoms with Crippen molar-refractivity contribution in [1.82, 2.24) is 0 Å². The van der Waals surface area contributed by atoms with E-state index in [4.69, 9.17) is 8.93 Å². The molecule has 0 atom stereocenters. The molecule has 0 unspecified atom stereocenters. The van der Waals surface area contributed by atoms with Crippen molar-refractivity contribution in [2.24, 2.45) is 0 Å². The molecular formula is C7H8O2Se. The topological polar surface area (TPSA) is 29.5 Å². The van der Waals surface area contributed by atoms with Crippen molar-refractivity contribution in [3.05, 3.63) is 24.3 Å². The van der Waals surface area contributed by atoms with Crippen LogP contribution in [-0.4, -0.2) is 27.5 Å². The quantitative estimate of drug-likeness (QED) is 0.699. The van der Waals surface area contributed by atoms with Crippen LogP contribution in [0.3, 0.4) is 0 Å². The second kappa shape index (κ2) is 3.61. The van der Waals surface area contributed by atoms with E-state index in [-0.39, 0.29) is 15.3 Å². The zero-order valence-electron chi connectivity index (χ0n) is 5.57. The van der Waals surface area contributed by atoms with Crippen molar-refractivity contribution < 1.29 is 8.93 Å². The van der Waals surface area contributed by atoms with E-state index in [0.29, 0.717) is 5.75 Å². The Balaban J connectivity index is 2.69. The molecule has 0 aliphatic heterocycles. The van der Waals surface area contributed by atoms with Gasteiger partial charge < -0.3 is 0 Å². The number of hydrogen-bond donors (Lipinski definition) is 1. The van der Waals surface area contributed by atoms with Crippen LogP contribution in [0.2, 0.25) is 0 Å². The van der Waals surface area contributed by atoms with Gasteiger partial charge in [-0.3, -0.25) is 0 Å². The first-order valence-corrected chi connectivity index (χ1v) is 4.38. The van der Waals surface area contributed by atoms with Gasteiger partial charge in [0.25, 0.3) is 0 Å². The van der Waals surface area contributed by atoms with Gasteiger partial charge in [0.2, 0.25) is 0 Å². The van der Waals surface area contributed by atoms with Gasteiger partial charge in [0.15, 0.2) is 0 Å². The Labute approximate surface area is 66.3 Å². The van der Waals surface area contributed by atoms with Crippen LogP contribution in [0.15, 0.2) is 24.3 Å². The predicted molar refractivity (Wildman–Crippen MR) is 40.5 cm³/mol. The number of aromatic hydroxyl groups is 1. The molecule has 0 aromatic heterocycles. The molecule has 1 rings (SSSR count). The Morgan fingerprint density at radius 3 is 2.40 bits per heavy atom. The summed E-state index contributed by atoms with van der Waals surface area (Å²) in [5.41, 5.74) is 0. The molecule has 0 saturated carbocycles. The molecule has 0 amide bonds. The fraction of sp³-hybridized carbons (Fsp3) is 0.143. The van der Waals surface area contributed by atoms with Crippen LogP contribution in [0.5, 0.6) is 5.75 Å². The second-order valence-corrected chi connectivity index (χ2v) is 3.78. The van der Waals surface area contributed by atoms with E-state index in [2.05, 4.69) is 0 Å². The van der Waals surface area contributed by atoms with Crippen molar-refractivity contribution in [3.63, 3.8) is 0 Å². The SMILES string of the molecule is CO[Se]c1ccc(O)cc1. The monoisotopic (exact) mass is 204 g/mol. The molecule has 0 aliphatic rings. The van der Waals surface area contributed by atoms with Crippen molar-refractivity contribution in [3.8, 4) is 5.75 Å². The summed E-state index contributed by atoms with van der Waals surface area (Å²) >= 11 is 0.0910. The van der Waals surface area contributed by atoms with Gasteiger partial charge in [0.05, 0.1) is 0 Å². The van der Waals surface area contributed by atoms with E-state index in [1.807, 2.05) is 12.1 Å². The normalized spacial score (nSPS) is 9.70. The van der Waals surface area contributed by atoms with Gasteiger partial charge in [-0.05, 0) is 0 Å². The summed E-state index contributed by atoms with van der Waals surface area (Å²) in [6.45, 7) is 0. The van der Waals surface area contributed by atoms with Gasteiger partial charge in [0, 0.05) is 0 Å². The third-order valence-corrected chi connectivity index (χ3v) is 2.34. The van der Waals surface area contributed by atoms with Crippen LogP contribution >= 0.6 is 0 Å². The van der Waals surface area contributed by atoms with E-state index in [1.54, 1.807) is 19.2 Å². The fourth-order valence-electron chi connectivity index (χ4n) is 0.598. The van der Waals surface area contributed by atoms with Gasteiger partial charge in [-0.2, -0.15) is 0 Å². The maximum atomic E-state index is 8.89. The van der Waals surface area contributed by atoms with Crippen LogP contribution < -0.4 is 4.46 Å². The predicted octanol–water partition coefficient (Wildman–Crippen LogP) is 0.283. The summed E-state index contributed by atoms with van der Waals surface area (Å²) in [5, 5.41) is 8.89. The molecule has 0 fully saturated rings.